The molecule has 5 nitrogen and oxygen atoms in total. The topological polar surface area (TPSA) is 81.0 Å². The summed E-state index contributed by atoms with van der Waals surface area (Å²) in [6.45, 7) is -1.63. The SMILES string of the molecule is N[C@@H](Cc1c[nH]c2ncccc12)C(=O)OCC(F)(F)F. The number of carbonyl (C=O) groups excluding carboxylic acids is 1. The van der Waals surface area contributed by atoms with Gasteiger partial charge in [0.1, 0.15) is 11.7 Å². The molecule has 108 valence electrons. The van der Waals surface area contributed by atoms with E-state index in [1.807, 2.05) is 0 Å². The number of aromatic amines is 1. The molecule has 0 radical (unpaired) electrons. The van der Waals surface area contributed by atoms with Crippen molar-refractivity contribution < 1.29 is 22.7 Å². The van der Waals surface area contributed by atoms with Gasteiger partial charge in [-0.05, 0) is 17.7 Å². The maximum atomic E-state index is 11.9. The fourth-order valence-electron chi connectivity index (χ4n) is 1.76. The van der Waals surface area contributed by atoms with E-state index < -0.39 is 24.8 Å². The highest BCUT2D eigenvalue weighted by Gasteiger charge is 2.30. The molecule has 20 heavy (non-hydrogen) atoms. The number of H-pyrrole nitrogens is 1. The van der Waals surface area contributed by atoms with Crippen molar-refractivity contribution in [2.24, 2.45) is 5.73 Å². The highest BCUT2D eigenvalue weighted by molar-refractivity contribution is 5.81. The van der Waals surface area contributed by atoms with Crippen molar-refractivity contribution in [2.75, 3.05) is 6.61 Å². The summed E-state index contributed by atoms with van der Waals surface area (Å²) in [5.74, 6) is -1.08. The van der Waals surface area contributed by atoms with E-state index in [1.54, 1.807) is 24.5 Å². The lowest BCUT2D eigenvalue weighted by Crippen LogP contribution is -2.36. The number of aromatic nitrogens is 2. The molecule has 2 rings (SSSR count). The molecule has 0 aliphatic rings. The Morgan fingerprint density at radius 1 is 1.50 bits per heavy atom. The third-order valence-electron chi connectivity index (χ3n) is 2.66. The van der Waals surface area contributed by atoms with Crippen LogP contribution in [-0.4, -0.2) is 34.8 Å². The number of rotatable bonds is 4. The predicted octanol–water partition coefficient (Wildman–Crippen LogP) is 1.54. The van der Waals surface area contributed by atoms with Crippen molar-refractivity contribution in [3.63, 3.8) is 0 Å². The molecule has 2 aromatic rings. The third-order valence-corrected chi connectivity index (χ3v) is 2.66. The number of hydrogen-bond acceptors (Lipinski definition) is 4. The highest BCUT2D eigenvalue weighted by Crippen LogP contribution is 2.18. The molecule has 0 saturated carbocycles. The largest absolute Gasteiger partial charge is 0.455 e. The maximum Gasteiger partial charge on any atom is 0.422 e. The number of alkyl halides is 3. The first-order valence-corrected chi connectivity index (χ1v) is 5.77. The number of halogens is 3. The first-order chi connectivity index (χ1) is 9.37. The van der Waals surface area contributed by atoms with E-state index in [2.05, 4.69) is 14.7 Å². The molecule has 0 aromatic carbocycles. The lowest BCUT2D eigenvalue weighted by Gasteiger charge is -2.12. The number of carbonyl (C=O) groups is 1. The number of nitrogens with one attached hydrogen (secondary N) is 1. The van der Waals surface area contributed by atoms with Crippen LogP contribution in [0.1, 0.15) is 5.56 Å². The van der Waals surface area contributed by atoms with Crippen molar-refractivity contribution >= 4 is 17.0 Å². The van der Waals surface area contributed by atoms with E-state index in [1.165, 1.54) is 0 Å². The Labute approximate surface area is 111 Å². The molecule has 0 unspecified atom stereocenters. The molecular formula is C12H12F3N3O2. The minimum Gasteiger partial charge on any atom is -0.455 e. The van der Waals surface area contributed by atoms with Gasteiger partial charge >= 0.3 is 12.1 Å². The van der Waals surface area contributed by atoms with Gasteiger partial charge in [-0.25, -0.2) is 4.98 Å². The van der Waals surface area contributed by atoms with E-state index in [9.17, 15) is 18.0 Å². The summed E-state index contributed by atoms with van der Waals surface area (Å²) < 4.78 is 39.9. The van der Waals surface area contributed by atoms with Crippen molar-refractivity contribution in [2.45, 2.75) is 18.6 Å². The van der Waals surface area contributed by atoms with Gasteiger partial charge in [-0.15, -0.1) is 0 Å². The molecule has 3 N–H and O–H groups in total. The zero-order valence-electron chi connectivity index (χ0n) is 10.3. The molecule has 0 saturated heterocycles. The summed E-state index contributed by atoms with van der Waals surface area (Å²) in [4.78, 5) is 18.3. The van der Waals surface area contributed by atoms with Crippen LogP contribution in [0.15, 0.2) is 24.5 Å². The number of esters is 1. The number of hydrogen-bond donors (Lipinski definition) is 2. The molecule has 2 aromatic heterocycles. The maximum absolute atomic E-state index is 11.9. The Morgan fingerprint density at radius 3 is 2.95 bits per heavy atom. The molecular weight excluding hydrogens is 275 g/mol. The molecule has 2 heterocycles. The fourth-order valence-corrected chi connectivity index (χ4v) is 1.76. The van der Waals surface area contributed by atoms with E-state index in [4.69, 9.17) is 5.73 Å². The molecule has 8 heteroatoms. The van der Waals surface area contributed by atoms with Crippen LogP contribution in [0.2, 0.25) is 0 Å². The van der Waals surface area contributed by atoms with Crippen LogP contribution in [0, 0.1) is 0 Å². The van der Waals surface area contributed by atoms with Crippen LogP contribution < -0.4 is 5.73 Å². The zero-order chi connectivity index (χ0) is 14.8. The number of pyridine rings is 1. The second-order valence-electron chi connectivity index (χ2n) is 4.25. The van der Waals surface area contributed by atoms with E-state index in [0.29, 0.717) is 11.2 Å². The Morgan fingerprint density at radius 2 is 2.25 bits per heavy atom. The first kappa shape index (κ1) is 14.3. The fraction of sp³-hybridized carbons (Fsp3) is 0.333. The number of fused-ring (bicyclic) bond motifs is 1. The Kier molecular flexibility index (Phi) is 3.93. The summed E-state index contributed by atoms with van der Waals surface area (Å²) in [7, 11) is 0. The van der Waals surface area contributed by atoms with Gasteiger partial charge < -0.3 is 15.5 Å². The standard InChI is InChI=1S/C12H12F3N3O2/c13-12(14,15)6-20-11(19)9(16)4-7-5-18-10-8(7)2-1-3-17-10/h1-3,5,9H,4,6,16H2,(H,17,18)/t9-/m0/s1. The average molecular weight is 287 g/mol. The van der Waals surface area contributed by atoms with Gasteiger partial charge in [0.05, 0.1) is 0 Å². The van der Waals surface area contributed by atoms with Gasteiger partial charge in [0.2, 0.25) is 0 Å². The minimum absolute atomic E-state index is 0.0718. The van der Waals surface area contributed by atoms with Crippen molar-refractivity contribution in [3.05, 3.63) is 30.1 Å². The van der Waals surface area contributed by atoms with Gasteiger partial charge in [-0.1, -0.05) is 0 Å². The smallest absolute Gasteiger partial charge is 0.422 e. The quantitative estimate of drug-likeness (QED) is 0.836. The lowest BCUT2D eigenvalue weighted by atomic mass is 10.1. The van der Waals surface area contributed by atoms with Crippen LogP contribution in [0.5, 0.6) is 0 Å². The van der Waals surface area contributed by atoms with Gasteiger partial charge in [0.15, 0.2) is 6.61 Å². The van der Waals surface area contributed by atoms with Crippen LogP contribution in [-0.2, 0) is 16.0 Å². The van der Waals surface area contributed by atoms with Crippen molar-refractivity contribution in [1.29, 1.82) is 0 Å². The molecule has 0 amide bonds. The number of nitrogens with two attached hydrogens (primary N) is 1. The van der Waals surface area contributed by atoms with Crippen molar-refractivity contribution in [3.8, 4) is 0 Å². The van der Waals surface area contributed by atoms with Gasteiger partial charge in [0, 0.05) is 24.2 Å². The predicted molar refractivity (Wildman–Crippen MR) is 64.8 cm³/mol. The average Bonchev–Trinajstić information content (AvgIpc) is 2.78. The van der Waals surface area contributed by atoms with Gasteiger partial charge in [-0.3, -0.25) is 4.79 Å². The Bertz CT molecular complexity index is 609. The summed E-state index contributed by atoms with van der Waals surface area (Å²) in [6, 6.07) is 2.34. The van der Waals surface area contributed by atoms with Crippen molar-refractivity contribution in [1.82, 2.24) is 9.97 Å². The summed E-state index contributed by atoms with van der Waals surface area (Å²) in [5.41, 5.74) is 6.87. The summed E-state index contributed by atoms with van der Waals surface area (Å²) in [6.07, 6.45) is -1.27. The second-order valence-corrected chi connectivity index (χ2v) is 4.25. The molecule has 0 aliphatic heterocycles. The van der Waals surface area contributed by atoms with Crippen LogP contribution >= 0.6 is 0 Å². The van der Waals surface area contributed by atoms with Crippen LogP contribution in [0.4, 0.5) is 13.2 Å². The van der Waals surface area contributed by atoms with Crippen LogP contribution in [0.25, 0.3) is 11.0 Å². The lowest BCUT2D eigenvalue weighted by molar-refractivity contribution is -0.187. The molecule has 1 atom stereocenters. The van der Waals surface area contributed by atoms with E-state index in [-0.39, 0.29) is 6.42 Å². The highest BCUT2D eigenvalue weighted by atomic mass is 19.4. The van der Waals surface area contributed by atoms with Gasteiger partial charge in [0.25, 0.3) is 0 Å². The minimum atomic E-state index is -4.56. The zero-order valence-corrected chi connectivity index (χ0v) is 10.3. The first-order valence-electron chi connectivity index (χ1n) is 5.77. The van der Waals surface area contributed by atoms with Crippen LogP contribution in [0.3, 0.4) is 0 Å². The monoisotopic (exact) mass is 287 g/mol. The molecule has 0 aliphatic carbocycles. The molecule has 0 spiro atoms. The number of nitrogens with zero attached hydrogens (tertiary/aromatic N) is 1. The summed E-state index contributed by atoms with van der Waals surface area (Å²) >= 11 is 0. The number of ether oxygens (including phenoxy) is 1. The Balaban J connectivity index is 2.00. The van der Waals surface area contributed by atoms with E-state index >= 15 is 0 Å². The van der Waals surface area contributed by atoms with Gasteiger partial charge in [-0.2, -0.15) is 13.2 Å². The van der Waals surface area contributed by atoms with E-state index in [0.717, 1.165) is 5.39 Å². The molecule has 0 bridgehead atoms. The normalized spacial score (nSPS) is 13.4. The third kappa shape index (κ3) is 3.47. The molecule has 0 fully saturated rings. The summed E-state index contributed by atoms with van der Waals surface area (Å²) in [5, 5.41) is 0.770. The Hall–Kier alpha value is -2.09. The second kappa shape index (κ2) is 5.49.